The number of aromatic nitrogens is 5. The van der Waals surface area contributed by atoms with Crippen molar-refractivity contribution in [2.75, 3.05) is 0 Å². The van der Waals surface area contributed by atoms with E-state index < -0.39 is 0 Å². The molecular formula is C9H10ClN5. The quantitative estimate of drug-likeness (QED) is 0.723. The number of hydrogen-bond acceptors (Lipinski definition) is 4. The van der Waals surface area contributed by atoms with E-state index >= 15 is 0 Å². The van der Waals surface area contributed by atoms with E-state index in [1.165, 1.54) is 0 Å². The third kappa shape index (κ3) is 1.97. The fourth-order valence-corrected chi connectivity index (χ4v) is 1.37. The summed E-state index contributed by atoms with van der Waals surface area (Å²) in [5.74, 6) is 2.40. The van der Waals surface area contributed by atoms with E-state index in [-0.39, 0.29) is 0 Å². The van der Waals surface area contributed by atoms with Crippen LogP contribution >= 0.6 is 11.6 Å². The molecule has 2 aromatic rings. The van der Waals surface area contributed by atoms with Gasteiger partial charge in [0, 0.05) is 18.0 Å². The van der Waals surface area contributed by atoms with Crippen molar-refractivity contribution in [1.82, 2.24) is 24.7 Å². The van der Waals surface area contributed by atoms with Gasteiger partial charge in [0.1, 0.15) is 11.6 Å². The van der Waals surface area contributed by atoms with E-state index in [1.54, 1.807) is 17.1 Å². The third-order valence-electron chi connectivity index (χ3n) is 1.91. The Morgan fingerprint density at radius 2 is 1.93 bits per heavy atom. The molecule has 0 aromatic carbocycles. The first-order valence-electron chi connectivity index (χ1n) is 4.48. The van der Waals surface area contributed by atoms with Gasteiger partial charge in [-0.05, 0) is 13.8 Å². The molecule has 6 heteroatoms. The van der Waals surface area contributed by atoms with Crippen molar-refractivity contribution in [1.29, 1.82) is 0 Å². The van der Waals surface area contributed by atoms with Gasteiger partial charge in [-0.3, -0.25) is 0 Å². The molecule has 0 saturated heterocycles. The number of aryl methyl sites for hydroxylation is 2. The lowest BCUT2D eigenvalue weighted by Crippen LogP contribution is -2.05. The molecule has 0 aliphatic carbocycles. The van der Waals surface area contributed by atoms with Crippen molar-refractivity contribution in [3.63, 3.8) is 0 Å². The minimum absolute atomic E-state index is 0.412. The Balaban J connectivity index is 2.41. The SMILES string of the molecule is Cc1nc(C)n(-c2ncc(CCl)cn2)n1. The van der Waals surface area contributed by atoms with Crippen molar-refractivity contribution in [3.05, 3.63) is 29.6 Å². The molecule has 15 heavy (non-hydrogen) atoms. The number of alkyl halides is 1. The van der Waals surface area contributed by atoms with Crippen molar-refractivity contribution in [3.8, 4) is 5.95 Å². The van der Waals surface area contributed by atoms with Crippen LogP contribution in [0.5, 0.6) is 0 Å². The zero-order valence-electron chi connectivity index (χ0n) is 8.48. The molecule has 78 valence electrons. The summed E-state index contributed by atoms with van der Waals surface area (Å²) in [5.41, 5.74) is 0.884. The van der Waals surface area contributed by atoms with Gasteiger partial charge in [0.2, 0.25) is 0 Å². The number of rotatable bonds is 2. The first kappa shape index (κ1) is 10.0. The van der Waals surface area contributed by atoms with Crippen LogP contribution in [-0.2, 0) is 5.88 Å². The van der Waals surface area contributed by atoms with Gasteiger partial charge in [-0.2, -0.15) is 4.68 Å². The Morgan fingerprint density at radius 3 is 2.40 bits per heavy atom. The van der Waals surface area contributed by atoms with Gasteiger partial charge >= 0.3 is 0 Å². The highest BCUT2D eigenvalue weighted by atomic mass is 35.5. The summed E-state index contributed by atoms with van der Waals surface area (Å²) >= 11 is 5.65. The maximum absolute atomic E-state index is 5.65. The fourth-order valence-electron chi connectivity index (χ4n) is 1.24. The molecule has 0 bridgehead atoms. The van der Waals surface area contributed by atoms with Crippen LogP contribution in [0.1, 0.15) is 17.2 Å². The molecule has 0 atom stereocenters. The first-order chi connectivity index (χ1) is 7.20. The molecule has 0 amide bonds. The summed E-state index contributed by atoms with van der Waals surface area (Å²) in [6.07, 6.45) is 3.37. The van der Waals surface area contributed by atoms with E-state index in [2.05, 4.69) is 20.1 Å². The highest BCUT2D eigenvalue weighted by Crippen LogP contribution is 2.05. The molecule has 5 nitrogen and oxygen atoms in total. The van der Waals surface area contributed by atoms with Crippen LogP contribution in [0.3, 0.4) is 0 Å². The maximum Gasteiger partial charge on any atom is 0.252 e. The van der Waals surface area contributed by atoms with Crippen LogP contribution in [0.15, 0.2) is 12.4 Å². The van der Waals surface area contributed by atoms with E-state index in [1.807, 2.05) is 13.8 Å². The summed E-state index contributed by atoms with van der Waals surface area (Å²) < 4.78 is 1.60. The Kier molecular flexibility index (Phi) is 2.64. The number of halogens is 1. The Morgan fingerprint density at radius 1 is 1.27 bits per heavy atom. The normalized spacial score (nSPS) is 10.6. The predicted octanol–water partition coefficient (Wildman–Crippen LogP) is 1.41. The summed E-state index contributed by atoms with van der Waals surface area (Å²) in [6.45, 7) is 3.69. The van der Waals surface area contributed by atoms with Gasteiger partial charge < -0.3 is 0 Å². The molecule has 0 aliphatic heterocycles. The molecular weight excluding hydrogens is 214 g/mol. The lowest BCUT2D eigenvalue weighted by Gasteiger charge is -2.00. The van der Waals surface area contributed by atoms with E-state index in [4.69, 9.17) is 11.6 Å². The van der Waals surface area contributed by atoms with Gasteiger partial charge in [0.25, 0.3) is 5.95 Å². The highest BCUT2D eigenvalue weighted by Gasteiger charge is 2.06. The molecule has 2 aromatic heterocycles. The van der Waals surface area contributed by atoms with Crippen LogP contribution in [0, 0.1) is 13.8 Å². The van der Waals surface area contributed by atoms with Crippen LogP contribution < -0.4 is 0 Å². The van der Waals surface area contributed by atoms with E-state index in [0.29, 0.717) is 17.7 Å². The van der Waals surface area contributed by atoms with Gasteiger partial charge in [-0.25, -0.2) is 15.0 Å². The first-order valence-corrected chi connectivity index (χ1v) is 5.01. The molecule has 0 N–H and O–H groups in total. The molecule has 0 unspecified atom stereocenters. The van der Waals surface area contributed by atoms with Gasteiger partial charge in [-0.1, -0.05) is 0 Å². The second-order valence-electron chi connectivity index (χ2n) is 3.14. The second-order valence-corrected chi connectivity index (χ2v) is 3.41. The predicted molar refractivity (Wildman–Crippen MR) is 56.0 cm³/mol. The summed E-state index contributed by atoms with van der Waals surface area (Å²) in [7, 11) is 0. The van der Waals surface area contributed by atoms with Crippen molar-refractivity contribution >= 4 is 11.6 Å². The number of hydrogen-bond donors (Lipinski definition) is 0. The van der Waals surface area contributed by atoms with Crippen molar-refractivity contribution in [2.24, 2.45) is 0 Å². The van der Waals surface area contributed by atoms with Crippen LogP contribution in [-0.4, -0.2) is 24.7 Å². The topological polar surface area (TPSA) is 56.5 Å². The lowest BCUT2D eigenvalue weighted by molar-refractivity contribution is 0.769. The monoisotopic (exact) mass is 223 g/mol. The van der Waals surface area contributed by atoms with Gasteiger partial charge in [0.05, 0.1) is 5.88 Å². The largest absolute Gasteiger partial charge is 0.252 e. The molecule has 0 fully saturated rings. The second kappa shape index (κ2) is 3.94. The average Bonchev–Trinajstić information content (AvgIpc) is 2.58. The zero-order chi connectivity index (χ0) is 10.8. The Hall–Kier alpha value is -1.49. The van der Waals surface area contributed by atoms with Gasteiger partial charge in [0.15, 0.2) is 0 Å². The van der Waals surface area contributed by atoms with E-state index in [9.17, 15) is 0 Å². The maximum atomic E-state index is 5.65. The minimum atomic E-state index is 0.412. The lowest BCUT2D eigenvalue weighted by atomic mass is 10.4. The summed E-state index contributed by atoms with van der Waals surface area (Å²) in [6, 6.07) is 0. The van der Waals surface area contributed by atoms with Crippen molar-refractivity contribution < 1.29 is 0 Å². The molecule has 0 spiro atoms. The average molecular weight is 224 g/mol. The fraction of sp³-hybridized carbons (Fsp3) is 0.333. The third-order valence-corrected chi connectivity index (χ3v) is 2.22. The Bertz CT molecular complexity index is 462. The molecule has 2 rings (SSSR count). The minimum Gasteiger partial charge on any atom is -0.219 e. The van der Waals surface area contributed by atoms with E-state index in [0.717, 1.165) is 11.4 Å². The number of nitrogens with zero attached hydrogens (tertiary/aromatic N) is 5. The van der Waals surface area contributed by atoms with Crippen LogP contribution in [0.4, 0.5) is 0 Å². The zero-order valence-corrected chi connectivity index (χ0v) is 9.23. The smallest absolute Gasteiger partial charge is 0.219 e. The van der Waals surface area contributed by atoms with Gasteiger partial charge in [-0.15, -0.1) is 16.7 Å². The Labute approximate surface area is 92.2 Å². The van der Waals surface area contributed by atoms with Crippen LogP contribution in [0.25, 0.3) is 5.95 Å². The van der Waals surface area contributed by atoms with Crippen LogP contribution in [0.2, 0.25) is 0 Å². The highest BCUT2D eigenvalue weighted by molar-refractivity contribution is 6.17. The molecule has 0 aliphatic rings. The summed E-state index contributed by atoms with van der Waals surface area (Å²) in [4.78, 5) is 12.5. The van der Waals surface area contributed by atoms with Crippen molar-refractivity contribution in [2.45, 2.75) is 19.7 Å². The summed E-state index contributed by atoms with van der Waals surface area (Å²) in [5, 5.41) is 4.18. The molecule has 2 heterocycles. The molecule has 0 saturated carbocycles. The standard InChI is InChI=1S/C9H10ClN5/c1-6-13-7(2)15(14-6)9-11-4-8(3-10)5-12-9/h4-5H,3H2,1-2H3. The molecule has 0 radical (unpaired) electrons.